The highest BCUT2D eigenvalue weighted by Crippen LogP contribution is 2.26. The lowest BCUT2D eigenvalue weighted by atomic mass is 10.2. The Hall–Kier alpha value is -0.920. The number of sulfone groups is 1. The summed E-state index contributed by atoms with van der Waals surface area (Å²) in [5, 5.41) is 2.11. The lowest BCUT2D eigenvalue weighted by Gasteiger charge is -2.14. The van der Waals surface area contributed by atoms with Gasteiger partial charge in [-0.1, -0.05) is 6.07 Å². The third kappa shape index (κ3) is 4.52. The molecule has 1 aromatic rings. The van der Waals surface area contributed by atoms with Gasteiger partial charge in [0.25, 0.3) is 0 Å². The number of carbonyl (C=O) groups excluding carboxylic acids is 1. The van der Waals surface area contributed by atoms with E-state index in [2.05, 4.69) is 5.32 Å². The standard InChI is InChI=1S/C13H17ClN2O3S2/c1-8-2-3-10(15)12(4-8)20-5-13(17)16-11-7-21(18,19)6-9(11)14/h2-4,9,11H,5-7,15H2,1H3,(H,16,17). The lowest BCUT2D eigenvalue weighted by Crippen LogP contribution is -2.41. The van der Waals surface area contributed by atoms with Crippen molar-refractivity contribution in [2.75, 3.05) is 23.0 Å². The summed E-state index contributed by atoms with van der Waals surface area (Å²) in [5.41, 5.74) is 7.53. The van der Waals surface area contributed by atoms with Gasteiger partial charge in [0.1, 0.15) is 0 Å². The number of amides is 1. The van der Waals surface area contributed by atoms with Gasteiger partial charge in [-0.05, 0) is 24.6 Å². The molecule has 1 aromatic carbocycles. The van der Waals surface area contributed by atoms with Gasteiger partial charge >= 0.3 is 0 Å². The molecule has 0 radical (unpaired) electrons. The first-order valence-corrected chi connectivity index (χ1v) is 9.64. The van der Waals surface area contributed by atoms with Crippen molar-refractivity contribution in [1.29, 1.82) is 0 Å². The second-order valence-corrected chi connectivity index (χ2v) is 8.83. The molecule has 21 heavy (non-hydrogen) atoms. The number of nitrogen functional groups attached to an aromatic ring is 1. The number of aryl methyl sites for hydroxylation is 1. The Morgan fingerprint density at radius 2 is 2.19 bits per heavy atom. The van der Waals surface area contributed by atoms with Gasteiger partial charge in [0, 0.05) is 10.6 Å². The van der Waals surface area contributed by atoms with E-state index in [-0.39, 0.29) is 23.2 Å². The zero-order chi connectivity index (χ0) is 15.6. The van der Waals surface area contributed by atoms with Crippen molar-refractivity contribution in [3.63, 3.8) is 0 Å². The summed E-state index contributed by atoms with van der Waals surface area (Å²) in [4.78, 5) is 12.7. The lowest BCUT2D eigenvalue weighted by molar-refractivity contribution is -0.119. The van der Waals surface area contributed by atoms with E-state index in [1.807, 2.05) is 19.1 Å². The number of rotatable bonds is 4. The first-order valence-electron chi connectivity index (χ1n) is 6.39. The van der Waals surface area contributed by atoms with Crippen molar-refractivity contribution >= 4 is 44.8 Å². The molecule has 3 N–H and O–H groups in total. The fourth-order valence-corrected chi connectivity index (χ4v) is 5.52. The Kier molecular flexibility index (Phi) is 5.06. The number of nitrogens with one attached hydrogen (secondary N) is 1. The summed E-state index contributed by atoms with van der Waals surface area (Å²) in [6, 6.07) is 5.10. The van der Waals surface area contributed by atoms with Crippen LogP contribution in [0.1, 0.15) is 5.56 Å². The number of alkyl halides is 1. The van der Waals surface area contributed by atoms with E-state index < -0.39 is 21.3 Å². The largest absolute Gasteiger partial charge is 0.398 e. The summed E-state index contributed by atoms with van der Waals surface area (Å²) in [7, 11) is -3.14. The van der Waals surface area contributed by atoms with E-state index in [4.69, 9.17) is 17.3 Å². The predicted molar refractivity (Wildman–Crippen MR) is 86.5 cm³/mol. The normalized spacial score (nSPS) is 23.9. The maximum atomic E-state index is 11.9. The van der Waals surface area contributed by atoms with Gasteiger partial charge in [-0.15, -0.1) is 23.4 Å². The number of hydrogen-bond acceptors (Lipinski definition) is 5. The molecule has 2 rings (SSSR count). The van der Waals surface area contributed by atoms with Crippen LogP contribution in [-0.4, -0.2) is 43.0 Å². The van der Waals surface area contributed by atoms with Crippen LogP contribution in [0.5, 0.6) is 0 Å². The molecule has 2 unspecified atom stereocenters. The monoisotopic (exact) mass is 348 g/mol. The minimum absolute atomic E-state index is 0.0858. The molecule has 1 saturated heterocycles. The molecule has 1 heterocycles. The van der Waals surface area contributed by atoms with Gasteiger partial charge in [-0.2, -0.15) is 0 Å². The minimum atomic E-state index is -3.14. The van der Waals surface area contributed by atoms with E-state index in [9.17, 15) is 13.2 Å². The molecule has 1 amide bonds. The molecule has 1 aliphatic heterocycles. The van der Waals surface area contributed by atoms with E-state index in [1.165, 1.54) is 11.8 Å². The van der Waals surface area contributed by atoms with E-state index in [0.29, 0.717) is 5.69 Å². The highest BCUT2D eigenvalue weighted by atomic mass is 35.5. The third-order valence-corrected chi connectivity index (χ3v) is 6.60. The van der Waals surface area contributed by atoms with Crippen molar-refractivity contribution in [3.8, 4) is 0 Å². The van der Waals surface area contributed by atoms with Crippen LogP contribution < -0.4 is 11.1 Å². The number of carbonyl (C=O) groups is 1. The van der Waals surface area contributed by atoms with Crippen LogP contribution in [0.25, 0.3) is 0 Å². The van der Waals surface area contributed by atoms with E-state index in [0.717, 1.165) is 10.5 Å². The molecule has 0 aromatic heterocycles. The molecular weight excluding hydrogens is 332 g/mol. The Balaban J connectivity index is 1.90. The summed E-state index contributed by atoms with van der Waals surface area (Å²) in [6.07, 6.45) is 0. The third-order valence-electron chi connectivity index (χ3n) is 3.16. The van der Waals surface area contributed by atoms with Crippen LogP contribution in [0.2, 0.25) is 0 Å². The molecule has 1 aliphatic rings. The van der Waals surface area contributed by atoms with E-state index >= 15 is 0 Å². The van der Waals surface area contributed by atoms with Crippen LogP contribution >= 0.6 is 23.4 Å². The highest BCUT2D eigenvalue weighted by molar-refractivity contribution is 8.00. The molecule has 116 valence electrons. The fraction of sp³-hybridized carbons (Fsp3) is 0.462. The molecule has 0 spiro atoms. The Labute approximate surface area is 133 Å². The fourth-order valence-electron chi connectivity index (χ4n) is 2.10. The van der Waals surface area contributed by atoms with Crippen molar-refractivity contribution < 1.29 is 13.2 Å². The van der Waals surface area contributed by atoms with E-state index in [1.54, 1.807) is 6.07 Å². The van der Waals surface area contributed by atoms with Gasteiger partial charge < -0.3 is 11.1 Å². The zero-order valence-electron chi connectivity index (χ0n) is 11.5. The molecular formula is C13H17ClN2O3S2. The Morgan fingerprint density at radius 1 is 1.48 bits per heavy atom. The number of benzene rings is 1. The van der Waals surface area contributed by atoms with Gasteiger partial charge in [-0.3, -0.25) is 4.79 Å². The maximum absolute atomic E-state index is 11.9. The molecule has 0 aliphatic carbocycles. The first-order chi connectivity index (χ1) is 9.77. The topological polar surface area (TPSA) is 89.3 Å². The number of thioether (sulfide) groups is 1. The van der Waals surface area contributed by atoms with Crippen LogP contribution in [0.3, 0.4) is 0 Å². The zero-order valence-corrected chi connectivity index (χ0v) is 13.9. The number of nitrogens with two attached hydrogens (primary N) is 1. The summed E-state index contributed by atoms with van der Waals surface area (Å²) in [6.45, 7) is 1.95. The Bertz CT molecular complexity index is 649. The van der Waals surface area contributed by atoms with Crippen LogP contribution in [-0.2, 0) is 14.6 Å². The number of halogens is 1. The van der Waals surface area contributed by atoms with Crippen LogP contribution in [0, 0.1) is 6.92 Å². The molecule has 8 heteroatoms. The summed E-state index contributed by atoms with van der Waals surface area (Å²) in [5.74, 6) is -0.247. The molecule has 0 bridgehead atoms. The number of anilines is 1. The number of hydrogen-bond donors (Lipinski definition) is 2. The smallest absolute Gasteiger partial charge is 0.230 e. The highest BCUT2D eigenvalue weighted by Gasteiger charge is 2.37. The summed E-state index contributed by atoms with van der Waals surface area (Å²) < 4.78 is 22.9. The van der Waals surface area contributed by atoms with Crippen molar-refractivity contribution in [3.05, 3.63) is 23.8 Å². The van der Waals surface area contributed by atoms with Crippen LogP contribution in [0.15, 0.2) is 23.1 Å². The molecule has 1 fully saturated rings. The van der Waals surface area contributed by atoms with Gasteiger partial charge in [0.15, 0.2) is 9.84 Å². The maximum Gasteiger partial charge on any atom is 0.230 e. The second-order valence-electron chi connectivity index (χ2n) is 5.10. The van der Waals surface area contributed by atoms with Gasteiger partial charge in [-0.25, -0.2) is 8.42 Å². The predicted octanol–water partition coefficient (Wildman–Crippen LogP) is 1.19. The minimum Gasteiger partial charge on any atom is -0.398 e. The summed E-state index contributed by atoms with van der Waals surface area (Å²) >= 11 is 7.27. The first kappa shape index (κ1) is 16.5. The second kappa shape index (κ2) is 6.46. The molecule has 0 saturated carbocycles. The van der Waals surface area contributed by atoms with Crippen molar-refractivity contribution in [2.24, 2.45) is 0 Å². The van der Waals surface area contributed by atoms with Gasteiger partial charge in [0.05, 0.1) is 28.7 Å². The SMILES string of the molecule is Cc1ccc(N)c(SCC(=O)NC2CS(=O)(=O)CC2Cl)c1. The quantitative estimate of drug-likeness (QED) is 0.484. The Morgan fingerprint density at radius 3 is 2.81 bits per heavy atom. The van der Waals surface area contributed by atoms with Crippen molar-refractivity contribution in [2.45, 2.75) is 23.2 Å². The van der Waals surface area contributed by atoms with Crippen LogP contribution in [0.4, 0.5) is 5.69 Å². The average molecular weight is 349 g/mol. The molecule has 2 atom stereocenters. The molecule has 5 nitrogen and oxygen atoms in total. The van der Waals surface area contributed by atoms with Gasteiger partial charge in [0.2, 0.25) is 5.91 Å². The van der Waals surface area contributed by atoms with Crippen molar-refractivity contribution in [1.82, 2.24) is 5.32 Å². The average Bonchev–Trinajstić information content (AvgIpc) is 2.63.